The highest BCUT2D eigenvalue weighted by Crippen LogP contribution is 2.06. The highest BCUT2D eigenvalue weighted by atomic mass is 16.5. The van der Waals surface area contributed by atoms with Crippen molar-refractivity contribution in [3.05, 3.63) is 0 Å². The highest BCUT2D eigenvalue weighted by Gasteiger charge is 2.17. The lowest BCUT2D eigenvalue weighted by molar-refractivity contribution is -0.137. The lowest BCUT2D eigenvalue weighted by atomic mass is 10.2. The van der Waals surface area contributed by atoms with Crippen LogP contribution in [0.1, 0.15) is 27.2 Å². The van der Waals surface area contributed by atoms with Gasteiger partial charge < -0.3 is 9.84 Å². The Morgan fingerprint density at radius 2 is 2.00 bits per heavy atom. The Labute approximate surface area is 85.9 Å². The molecule has 0 aromatic heterocycles. The molecule has 0 heterocycles. The van der Waals surface area contributed by atoms with E-state index in [9.17, 15) is 4.79 Å². The quantitative estimate of drug-likeness (QED) is 0.675. The molecule has 1 N–H and O–H groups in total. The molecule has 0 aliphatic rings. The van der Waals surface area contributed by atoms with Crippen LogP contribution in [-0.2, 0) is 9.53 Å². The predicted octanol–water partition coefficient (Wildman–Crippen LogP) is 1.21. The van der Waals surface area contributed by atoms with E-state index in [2.05, 4.69) is 18.7 Å². The van der Waals surface area contributed by atoms with Crippen LogP contribution < -0.4 is 0 Å². The third kappa shape index (κ3) is 5.19. The normalized spacial score (nSPS) is 13.6. The maximum Gasteiger partial charge on any atom is 0.304 e. The Bertz CT molecular complexity index is 171. The topological polar surface area (TPSA) is 49.8 Å². The molecule has 0 spiro atoms. The molecule has 1 atom stereocenters. The SMILES string of the molecule is COCC(C)N(CCC(=O)O)C(C)C. The van der Waals surface area contributed by atoms with Crippen LogP contribution in [0, 0.1) is 0 Å². The fourth-order valence-corrected chi connectivity index (χ4v) is 1.55. The van der Waals surface area contributed by atoms with Crippen molar-refractivity contribution >= 4 is 5.97 Å². The molecule has 84 valence electrons. The van der Waals surface area contributed by atoms with Crippen LogP contribution in [0.2, 0.25) is 0 Å². The molecule has 0 saturated carbocycles. The van der Waals surface area contributed by atoms with Gasteiger partial charge in [-0.15, -0.1) is 0 Å². The van der Waals surface area contributed by atoms with Gasteiger partial charge in [-0.2, -0.15) is 0 Å². The van der Waals surface area contributed by atoms with Crippen LogP contribution in [0.25, 0.3) is 0 Å². The molecule has 0 bridgehead atoms. The number of hydrogen-bond acceptors (Lipinski definition) is 3. The molecule has 0 aliphatic carbocycles. The molecule has 0 rings (SSSR count). The average Bonchev–Trinajstić information content (AvgIpc) is 2.03. The molecular formula is C10H21NO3. The van der Waals surface area contributed by atoms with Crippen LogP contribution in [0.15, 0.2) is 0 Å². The minimum absolute atomic E-state index is 0.187. The largest absolute Gasteiger partial charge is 0.481 e. The van der Waals surface area contributed by atoms with Crippen molar-refractivity contribution in [2.45, 2.75) is 39.3 Å². The number of carbonyl (C=O) groups is 1. The molecule has 0 fully saturated rings. The summed E-state index contributed by atoms with van der Waals surface area (Å²) in [5.74, 6) is -0.750. The minimum Gasteiger partial charge on any atom is -0.481 e. The number of methoxy groups -OCH3 is 1. The van der Waals surface area contributed by atoms with E-state index < -0.39 is 5.97 Å². The summed E-state index contributed by atoms with van der Waals surface area (Å²) in [5.41, 5.74) is 0. The maximum atomic E-state index is 10.4. The van der Waals surface area contributed by atoms with Crippen molar-refractivity contribution in [1.82, 2.24) is 4.90 Å². The summed E-state index contributed by atoms with van der Waals surface area (Å²) < 4.78 is 5.05. The molecule has 0 radical (unpaired) electrons. The van der Waals surface area contributed by atoms with Gasteiger partial charge in [-0.25, -0.2) is 0 Å². The van der Waals surface area contributed by atoms with Crippen molar-refractivity contribution in [3.63, 3.8) is 0 Å². The van der Waals surface area contributed by atoms with E-state index in [1.54, 1.807) is 7.11 Å². The molecular weight excluding hydrogens is 182 g/mol. The number of aliphatic carboxylic acids is 1. The first-order chi connectivity index (χ1) is 6.49. The van der Waals surface area contributed by atoms with Crippen molar-refractivity contribution in [2.24, 2.45) is 0 Å². The number of ether oxygens (including phenoxy) is 1. The Balaban J connectivity index is 4.07. The van der Waals surface area contributed by atoms with Gasteiger partial charge in [0.05, 0.1) is 13.0 Å². The van der Waals surface area contributed by atoms with E-state index in [1.807, 2.05) is 6.92 Å². The predicted molar refractivity (Wildman–Crippen MR) is 55.4 cm³/mol. The van der Waals surface area contributed by atoms with Gasteiger partial charge in [-0.1, -0.05) is 0 Å². The van der Waals surface area contributed by atoms with Gasteiger partial charge in [-0.3, -0.25) is 9.69 Å². The van der Waals surface area contributed by atoms with Gasteiger partial charge in [0, 0.05) is 25.7 Å². The number of carboxylic acid groups (broad SMARTS) is 1. The molecule has 0 aliphatic heterocycles. The molecule has 14 heavy (non-hydrogen) atoms. The lowest BCUT2D eigenvalue weighted by Crippen LogP contribution is -2.42. The summed E-state index contributed by atoms with van der Waals surface area (Å²) in [6, 6.07) is 0.610. The van der Waals surface area contributed by atoms with E-state index >= 15 is 0 Å². The minimum atomic E-state index is -0.750. The number of hydrogen-bond donors (Lipinski definition) is 1. The Hall–Kier alpha value is -0.610. The molecule has 0 saturated heterocycles. The molecule has 4 heteroatoms. The number of carboxylic acids is 1. The highest BCUT2D eigenvalue weighted by molar-refractivity contribution is 5.66. The number of nitrogens with zero attached hydrogens (tertiary/aromatic N) is 1. The Kier molecular flexibility index (Phi) is 6.49. The van der Waals surface area contributed by atoms with Crippen molar-refractivity contribution in [2.75, 3.05) is 20.3 Å². The van der Waals surface area contributed by atoms with Crippen molar-refractivity contribution in [3.8, 4) is 0 Å². The Morgan fingerprint density at radius 3 is 2.36 bits per heavy atom. The molecule has 0 aromatic carbocycles. The second kappa shape index (κ2) is 6.79. The van der Waals surface area contributed by atoms with Crippen molar-refractivity contribution in [1.29, 1.82) is 0 Å². The molecule has 4 nitrogen and oxygen atoms in total. The first-order valence-corrected chi connectivity index (χ1v) is 4.95. The second-order valence-corrected chi connectivity index (χ2v) is 3.78. The fourth-order valence-electron chi connectivity index (χ4n) is 1.55. The van der Waals surface area contributed by atoms with Crippen LogP contribution >= 0.6 is 0 Å². The molecule has 1 unspecified atom stereocenters. The van der Waals surface area contributed by atoms with Gasteiger partial charge in [0.1, 0.15) is 0 Å². The van der Waals surface area contributed by atoms with Crippen molar-refractivity contribution < 1.29 is 14.6 Å². The third-order valence-electron chi connectivity index (χ3n) is 2.22. The first kappa shape index (κ1) is 13.4. The van der Waals surface area contributed by atoms with E-state index in [0.29, 0.717) is 19.2 Å². The van der Waals surface area contributed by atoms with Gasteiger partial charge >= 0.3 is 5.97 Å². The number of rotatable bonds is 7. The average molecular weight is 203 g/mol. The van der Waals surface area contributed by atoms with E-state index in [1.165, 1.54) is 0 Å². The molecule has 0 aromatic rings. The van der Waals surface area contributed by atoms with Gasteiger partial charge in [0.15, 0.2) is 0 Å². The van der Waals surface area contributed by atoms with Crippen LogP contribution in [0.4, 0.5) is 0 Å². The van der Waals surface area contributed by atoms with Crippen LogP contribution in [0.3, 0.4) is 0 Å². The lowest BCUT2D eigenvalue weighted by Gasteiger charge is -2.31. The first-order valence-electron chi connectivity index (χ1n) is 4.95. The standard InChI is InChI=1S/C10H21NO3/c1-8(2)11(6-5-10(12)13)9(3)7-14-4/h8-9H,5-7H2,1-4H3,(H,12,13). The van der Waals surface area contributed by atoms with Crippen LogP contribution in [0.5, 0.6) is 0 Å². The summed E-state index contributed by atoms with van der Waals surface area (Å²) in [6.07, 6.45) is 0.187. The molecule has 0 amide bonds. The second-order valence-electron chi connectivity index (χ2n) is 3.78. The van der Waals surface area contributed by atoms with E-state index in [-0.39, 0.29) is 12.5 Å². The summed E-state index contributed by atoms with van der Waals surface area (Å²) in [4.78, 5) is 12.6. The summed E-state index contributed by atoms with van der Waals surface area (Å²) in [6.45, 7) is 7.39. The van der Waals surface area contributed by atoms with E-state index in [4.69, 9.17) is 9.84 Å². The Morgan fingerprint density at radius 1 is 1.43 bits per heavy atom. The monoisotopic (exact) mass is 203 g/mol. The third-order valence-corrected chi connectivity index (χ3v) is 2.22. The fraction of sp³-hybridized carbons (Fsp3) is 0.900. The summed E-state index contributed by atoms with van der Waals surface area (Å²) >= 11 is 0. The van der Waals surface area contributed by atoms with Gasteiger partial charge in [0.2, 0.25) is 0 Å². The maximum absolute atomic E-state index is 10.4. The smallest absolute Gasteiger partial charge is 0.304 e. The summed E-state index contributed by atoms with van der Waals surface area (Å²) in [5, 5.41) is 8.60. The van der Waals surface area contributed by atoms with Crippen LogP contribution in [-0.4, -0.2) is 48.3 Å². The zero-order valence-corrected chi connectivity index (χ0v) is 9.49. The van der Waals surface area contributed by atoms with Gasteiger partial charge in [0.25, 0.3) is 0 Å². The zero-order chi connectivity index (χ0) is 11.1. The zero-order valence-electron chi connectivity index (χ0n) is 9.49. The van der Waals surface area contributed by atoms with Gasteiger partial charge in [-0.05, 0) is 20.8 Å². The summed E-state index contributed by atoms with van der Waals surface area (Å²) in [7, 11) is 1.66. The van der Waals surface area contributed by atoms with E-state index in [0.717, 1.165) is 0 Å².